The van der Waals surface area contributed by atoms with Crippen LogP contribution in [-0.2, 0) is 4.79 Å². The highest BCUT2D eigenvalue weighted by Crippen LogP contribution is 2.27. The van der Waals surface area contributed by atoms with E-state index in [0.29, 0.717) is 6.04 Å². The van der Waals surface area contributed by atoms with Crippen molar-refractivity contribution in [1.29, 1.82) is 0 Å². The maximum Gasteiger partial charge on any atom is 0.260 e. The summed E-state index contributed by atoms with van der Waals surface area (Å²) in [5.41, 5.74) is 2.23. The van der Waals surface area contributed by atoms with Crippen molar-refractivity contribution < 1.29 is 9.53 Å². The largest absolute Gasteiger partial charge is 0.481 e. The van der Waals surface area contributed by atoms with Crippen molar-refractivity contribution in [3.8, 4) is 5.75 Å². The molecule has 1 saturated carbocycles. The molecule has 2 rings (SSSR count). The SMILES string of the molecule is Cc1cc(OC(C)C(=O)NC2CCCCC2)cc(C)c1Br. The number of nitrogens with one attached hydrogen (secondary N) is 1. The van der Waals surface area contributed by atoms with Crippen molar-refractivity contribution >= 4 is 21.8 Å². The monoisotopic (exact) mass is 353 g/mol. The van der Waals surface area contributed by atoms with Crippen LogP contribution in [0.15, 0.2) is 16.6 Å². The molecule has 0 bridgehead atoms. The molecule has 1 fully saturated rings. The molecule has 0 heterocycles. The second kappa shape index (κ2) is 7.30. The second-order valence-electron chi connectivity index (χ2n) is 5.97. The van der Waals surface area contributed by atoms with Crippen LogP contribution in [0.5, 0.6) is 5.75 Å². The van der Waals surface area contributed by atoms with Gasteiger partial charge in [-0.2, -0.15) is 0 Å². The van der Waals surface area contributed by atoms with Crippen LogP contribution >= 0.6 is 15.9 Å². The van der Waals surface area contributed by atoms with Crippen LogP contribution < -0.4 is 10.1 Å². The lowest BCUT2D eigenvalue weighted by molar-refractivity contribution is -0.128. The Bertz CT molecular complexity index is 487. The predicted octanol–water partition coefficient (Wildman–Crippen LogP) is 4.28. The van der Waals surface area contributed by atoms with Crippen LogP contribution in [0.2, 0.25) is 0 Å². The van der Waals surface area contributed by atoms with Gasteiger partial charge < -0.3 is 10.1 Å². The van der Waals surface area contributed by atoms with Crippen molar-refractivity contribution in [2.45, 2.75) is 65.0 Å². The zero-order chi connectivity index (χ0) is 15.4. The third-order valence-electron chi connectivity index (χ3n) is 4.04. The number of hydrogen-bond acceptors (Lipinski definition) is 2. The van der Waals surface area contributed by atoms with E-state index in [0.717, 1.165) is 34.2 Å². The molecule has 0 aromatic heterocycles. The van der Waals surface area contributed by atoms with Gasteiger partial charge in [0.25, 0.3) is 5.91 Å². The third-order valence-corrected chi connectivity index (χ3v) is 5.29. The molecule has 3 nitrogen and oxygen atoms in total. The maximum atomic E-state index is 12.2. The second-order valence-corrected chi connectivity index (χ2v) is 6.77. The molecule has 0 radical (unpaired) electrons. The Hall–Kier alpha value is -1.03. The normalized spacial score (nSPS) is 17.3. The number of amides is 1. The first-order valence-corrected chi connectivity index (χ1v) is 8.50. The van der Waals surface area contributed by atoms with Crippen LogP contribution in [0.1, 0.15) is 50.2 Å². The van der Waals surface area contributed by atoms with Crippen molar-refractivity contribution in [1.82, 2.24) is 5.32 Å². The van der Waals surface area contributed by atoms with Gasteiger partial charge in [-0.1, -0.05) is 35.2 Å². The lowest BCUT2D eigenvalue weighted by Gasteiger charge is -2.24. The highest BCUT2D eigenvalue weighted by atomic mass is 79.9. The number of halogens is 1. The molecule has 1 aromatic rings. The summed E-state index contributed by atoms with van der Waals surface area (Å²) in [5, 5.41) is 3.11. The molecule has 0 saturated heterocycles. The minimum Gasteiger partial charge on any atom is -0.481 e. The molecule has 116 valence electrons. The topological polar surface area (TPSA) is 38.3 Å². The summed E-state index contributed by atoms with van der Waals surface area (Å²) in [6, 6.07) is 4.24. The molecule has 0 spiro atoms. The van der Waals surface area contributed by atoms with E-state index in [2.05, 4.69) is 21.2 Å². The quantitative estimate of drug-likeness (QED) is 0.876. The summed E-state index contributed by atoms with van der Waals surface area (Å²) in [6.45, 7) is 5.86. The Balaban J connectivity index is 1.93. The number of hydrogen-bond donors (Lipinski definition) is 1. The summed E-state index contributed by atoms with van der Waals surface area (Å²) in [6.07, 6.45) is 5.43. The van der Waals surface area contributed by atoms with Gasteiger partial charge in [-0.25, -0.2) is 0 Å². The molecule has 1 aromatic carbocycles. The van der Waals surface area contributed by atoms with Gasteiger partial charge in [0.05, 0.1) is 0 Å². The summed E-state index contributed by atoms with van der Waals surface area (Å²) in [7, 11) is 0. The van der Waals surface area contributed by atoms with Crippen LogP contribution in [0.25, 0.3) is 0 Å². The Morgan fingerprint density at radius 3 is 2.38 bits per heavy atom. The number of rotatable bonds is 4. The standard InChI is InChI=1S/C17H24BrNO2/c1-11-9-15(10-12(2)16(11)18)21-13(3)17(20)19-14-7-5-4-6-8-14/h9-10,13-14H,4-8H2,1-3H3,(H,19,20). The first kappa shape index (κ1) is 16.3. The first-order chi connectivity index (χ1) is 9.97. The summed E-state index contributed by atoms with van der Waals surface area (Å²) in [5.74, 6) is 0.736. The molecule has 1 aliphatic rings. The molecule has 1 N–H and O–H groups in total. The van der Waals surface area contributed by atoms with Crippen molar-refractivity contribution in [2.24, 2.45) is 0 Å². The summed E-state index contributed by atoms with van der Waals surface area (Å²) >= 11 is 3.54. The Morgan fingerprint density at radius 1 is 1.24 bits per heavy atom. The van der Waals surface area contributed by atoms with Gasteiger partial charge in [-0.15, -0.1) is 0 Å². The van der Waals surface area contributed by atoms with Gasteiger partial charge in [0.15, 0.2) is 6.10 Å². The minimum absolute atomic E-state index is 0.0138. The van der Waals surface area contributed by atoms with Gasteiger partial charge in [0.1, 0.15) is 5.75 Å². The van der Waals surface area contributed by atoms with E-state index >= 15 is 0 Å². The number of benzene rings is 1. The highest BCUT2D eigenvalue weighted by Gasteiger charge is 2.21. The third kappa shape index (κ3) is 4.47. The van der Waals surface area contributed by atoms with Crippen molar-refractivity contribution in [3.63, 3.8) is 0 Å². The smallest absolute Gasteiger partial charge is 0.260 e. The van der Waals surface area contributed by atoms with Gasteiger partial charge >= 0.3 is 0 Å². The maximum absolute atomic E-state index is 12.2. The van der Waals surface area contributed by atoms with E-state index in [-0.39, 0.29) is 5.91 Å². The Labute approximate surface area is 135 Å². The van der Waals surface area contributed by atoms with Crippen LogP contribution in [0.3, 0.4) is 0 Å². The lowest BCUT2D eigenvalue weighted by atomic mass is 9.95. The highest BCUT2D eigenvalue weighted by molar-refractivity contribution is 9.10. The number of aryl methyl sites for hydroxylation is 2. The van der Waals surface area contributed by atoms with E-state index in [1.807, 2.05) is 32.9 Å². The van der Waals surface area contributed by atoms with Gasteiger partial charge in [-0.3, -0.25) is 4.79 Å². The van der Waals surface area contributed by atoms with E-state index in [1.165, 1.54) is 19.3 Å². The van der Waals surface area contributed by atoms with Crippen LogP contribution in [0, 0.1) is 13.8 Å². The molecule has 1 unspecified atom stereocenters. The molecule has 1 aliphatic carbocycles. The predicted molar refractivity (Wildman–Crippen MR) is 88.7 cm³/mol. The fourth-order valence-electron chi connectivity index (χ4n) is 2.80. The number of carbonyl (C=O) groups excluding carboxylic acids is 1. The van der Waals surface area contributed by atoms with E-state index in [9.17, 15) is 4.79 Å². The van der Waals surface area contributed by atoms with Crippen LogP contribution in [0.4, 0.5) is 0 Å². The first-order valence-electron chi connectivity index (χ1n) is 7.71. The molecule has 21 heavy (non-hydrogen) atoms. The zero-order valence-corrected chi connectivity index (χ0v) is 14.6. The Morgan fingerprint density at radius 2 is 1.81 bits per heavy atom. The minimum atomic E-state index is -0.466. The van der Waals surface area contributed by atoms with E-state index < -0.39 is 6.10 Å². The Kier molecular flexibility index (Phi) is 5.68. The van der Waals surface area contributed by atoms with E-state index in [1.54, 1.807) is 0 Å². The van der Waals surface area contributed by atoms with Crippen molar-refractivity contribution in [3.05, 3.63) is 27.7 Å². The average molecular weight is 354 g/mol. The zero-order valence-electron chi connectivity index (χ0n) is 13.0. The van der Waals surface area contributed by atoms with Crippen LogP contribution in [-0.4, -0.2) is 18.1 Å². The number of carbonyl (C=O) groups is 1. The fraction of sp³-hybridized carbons (Fsp3) is 0.588. The summed E-state index contributed by atoms with van der Waals surface area (Å²) < 4.78 is 6.89. The van der Waals surface area contributed by atoms with Gasteiger partial charge in [0, 0.05) is 10.5 Å². The van der Waals surface area contributed by atoms with Gasteiger partial charge in [-0.05, 0) is 56.9 Å². The molecular weight excluding hydrogens is 330 g/mol. The van der Waals surface area contributed by atoms with Gasteiger partial charge in [0.2, 0.25) is 0 Å². The van der Waals surface area contributed by atoms with Crippen molar-refractivity contribution in [2.75, 3.05) is 0 Å². The molecule has 4 heteroatoms. The molecular formula is C17H24BrNO2. The molecule has 1 amide bonds. The van der Waals surface area contributed by atoms with E-state index in [4.69, 9.17) is 4.74 Å². The number of ether oxygens (including phenoxy) is 1. The lowest BCUT2D eigenvalue weighted by Crippen LogP contribution is -2.43. The molecule has 0 aliphatic heterocycles. The summed E-state index contributed by atoms with van der Waals surface area (Å²) in [4.78, 5) is 12.2. The molecule has 1 atom stereocenters. The average Bonchev–Trinajstić information content (AvgIpc) is 2.45. The fourth-order valence-corrected chi connectivity index (χ4v) is 3.03.